The molecule has 18 heavy (non-hydrogen) atoms. The molecule has 0 spiro atoms. The Morgan fingerprint density at radius 3 is 2.28 bits per heavy atom. The summed E-state index contributed by atoms with van der Waals surface area (Å²) >= 11 is 11.7. The number of rotatable bonds is 2. The van der Waals surface area contributed by atoms with E-state index in [0.29, 0.717) is 5.39 Å². The fraction of sp³-hybridized carbons (Fsp3) is 0. The third-order valence-corrected chi connectivity index (χ3v) is 3.29. The van der Waals surface area contributed by atoms with Crippen molar-refractivity contribution in [1.29, 1.82) is 0 Å². The molecule has 6 heteroatoms. The van der Waals surface area contributed by atoms with Crippen LogP contribution in [0.15, 0.2) is 24.3 Å². The normalized spacial score (nSPS) is 10.6. The Labute approximate surface area is 111 Å². The summed E-state index contributed by atoms with van der Waals surface area (Å²) in [5, 5.41) is 18.6. The van der Waals surface area contributed by atoms with Gasteiger partial charge < -0.3 is 10.2 Å². The van der Waals surface area contributed by atoms with E-state index in [4.69, 9.17) is 33.4 Å². The molecular formula is C12H6Cl2O4. The lowest BCUT2D eigenvalue weighted by atomic mass is 9.99. The molecule has 0 aromatic heterocycles. The molecule has 0 fully saturated rings. The summed E-state index contributed by atoms with van der Waals surface area (Å²) in [7, 11) is 0. The van der Waals surface area contributed by atoms with Gasteiger partial charge in [-0.25, -0.2) is 9.59 Å². The molecule has 0 aliphatic rings. The van der Waals surface area contributed by atoms with Gasteiger partial charge in [0.2, 0.25) is 0 Å². The van der Waals surface area contributed by atoms with Crippen molar-refractivity contribution in [3.8, 4) is 0 Å². The van der Waals surface area contributed by atoms with Gasteiger partial charge >= 0.3 is 11.9 Å². The highest BCUT2D eigenvalue weighted by Gasteiger charge is 2.21. The summed E-state index contributed by atoms with van der Waals surface area (Å²) in [6, 6.07) is 5.86. The van der Waals surface area contributed by atoms with Crippen LogP contribution >= 0.6 is 23.2 Å². The largest absolute Gasteiger partial charge is 0.478 e. The van der Waals surface area contributed by atoms with Crippen LogP contribution in [0.3, 0.4) is 0 Å². The SMILES string of the molecule is O=C(O)c1cccc2cc(Cl)c(Cl)c(C(=O)O)c12. The van der Waals surface area contributed by atoms with E-state index in [9.17, 15) is 9.59 Å². The average Bonchev–Trinajstić information content (AvgIpc) is 2.29. The molecule has 0 unspecified atom stereocenters. The Morgan fingerprint density at radius 2 is 1.72 bits per heavy atom. The summed E-state index contributed by atoms with van der Waals surface area (Å²) in [5.41, 5.74) is -0.416. The van der Waals surface area contributed by atoms with E-state index in [2.05, 4.69) is 0 Å². The molecular weight excluding hydrogens is 279 g/mol. The van der Waals surface area contributed by atoms with Crippen molar-refractivity contribution in [2.45, 2.75) is 0 Å². The van der Waals surface area contributed by atoms with Crippen LogP contribution in [0.4, 0.5) is 0 Å². The number of benzene rings is 2. The van der Waals surface area contributed by atoms with Crippen molar-refractivity contribution in [1.82, 2.24) is 0 Å². The van der Waals surface area contributed by atoms with Gasteiger partial charge in [-0.05, 0) is 17.5 Å². The lowest BCUT2D eigenvalue weighted by molar-refractivity contribution is 0.0695. The quantitative estimate of drug-likeness (QED) is 0.884. The summed E-state index contributed by atoms with van der Waals surface area (Å²) in [4.78, 5) is 22.3. The smallest absolute Gasteiger partial charge is 0.337 e. The second-order valence-electron chi connectivity index (χ2n) is 3.56. The highest BCUT2D eigenvalue weighted by molar-refractivity contribution is 6.45. The van der Waals surface area contributed by atoms with Crippen LogP contribution in [0.2, 0.25) is 10.0 Å². The molecule has 0 amide bonds. The topological polar surface area (TPSA) is 74.6 Å². The van der Waals surface area contributed by atoms with Crippen molar-refractivity contribution in [3.05, 3.63) is 45.4 Å². The Balaban J connectivity index is 3.05. The van der Waals surface area contributed by atoms with Crippen LogP contribution in [0.1, 0.15) is 20.7 Å². The van der Waals surface area contributed by atoms with Gasteiger partial charge in [0, 0.05) is 5.39 Å². The third-order valence-electron chi connectivity index (χ3n) is 2.50. The minimum atomic E-state index is -1.32. The standard InChI is InChI=1S/C12H6Cl2O4/c13-7-4-5-2-1-3-6(11(15)16)8(5)9(10(7)14)12(17)18/h1-4H,(H,15,16)(H,17,18). The minimum Gasteiger partial charge on any atom is -0.478 e. The van der Waals surface area contributed by atoms with Gasteiger partial charge in [-0.3, -0.25) is 0 Å². The maximum atomic E-state index is 11.2. The first-order chi connectivity index (χ1) is 8.43. The molecule has 2 aromatic rings. The molecule has 0 heterocycles. The van der Waals surface area contributed by atoms with Gasteiger partial charge in [-0.15, -0.1) is 0 Å². The molecule has 0 saturated heterocycles. The molecule has 0 aliphatic heterocycles. The summed E-state index contributed by atoms with van der Waals surface area (Å²) in [6.45, 7) is 0. The lowest BCUT2D eigenvalue weighted by Gasteiger charge is -2.09. The number of aromatic carboxylic acids is 2. The number of halogens is 2. The number of hydrogen-bond acceptors (Lipinski definition) is 2. The van der Waals surface area contributed by atoms with Crippen molar-refractivity contribution in [2.75, 3.05) is 0 Å². The van der Waals surface area contributed by atoms with Gasteiger partial charge in [0.25, 0.3) is 0 Å². The molecule has 0 saturated carbocycles. The fourth-order valence-electron chi connectivity index (χ4n) is 1.78. The van der Waals surface area contributed by atoms with E-state index in [1.807, 2.05) is 0 Å². The zero-order valence-corrected chi connectivity index (χ0v) is 10.3. The van der Waals surface area contributed by atoms with Crippen LogP contribution in [-0.4, -0.2) is 22.2 Å². The minimum absolute atomic E-state index is 0.0732. The zero-order chi connectivity index (χ0) is 13.4. The molecule has 4 nitrogen and oxygen atoms in total. The second kappa shape index (κ2) is 4.48. The first-order valence-electron chi connectivity index (χ1n) is 4.80. The molecule has 92 valence electrons. The number of carboxylic acids is 2. The molecule has 0 aliphatic carbocycles. The number of fused-ring (bicyclic) bond motifs is 1. The number of hydrogen-bond donors (Lipinski definition) is 2. The highest BCUT2D eigenvalue weighted by atomic mass is 35.5. The van der Waals surface area contributed by atoms with Crippen molar-refractivity contribution in [3.63, 3.8) is 0 Å². The monoisotopic (exact) mass is 284 g/mol. The van der Waals surface area contributed by atoms with E-state index < -0.39 is 11.9 Å². The van der Waals surface area contributed by atoms with Gasteiger partial charge in [-0.2, -0.15) is 0 Å². The van der Waals surface area contributed by atoms with E-state index >= 15 is 0 Å². The molecule has 2 rings (SSSR count). The molecule has 2 N–H and O–H groups in total. The van der Waals surface area contributed by atoms with Crippen LogP contribution in [0, 0.1) is 0 Å². The summed E-state index contributed by atoms with van der Waals surface area (Å²) in [5.74, 6) is -2.54. The van der Waals surface area contributed by atoms with E-state index in [-0.39, 0.29) is 26.6 Å². The molecule has 2 aromatic carbocycles. The summed E-state index contributed by atoms with van der Waals surface area (Å²) < 4.78 is 0. The Kier molecular flexibility index (Phi) is 3.15. The fourth-order valence-corrected chi connectivity index (χ4v) is 2.22. The van der Waals surface area contributed by atoms with Gasteiger partial charge in [0.05, 0.1) is 21.2 Å². The maximum absolute atomic E-state index is 11.2. The van der Waals surface area contributed by atoms with Crippen molar-refractivity contribution >= 4 is 45.9 Å². The lowest BCUT2D eigenvalue weighted by Crippen LogP contribution is -2.05. The van der Waals surface area contributed by atoms with E-state index in [1.165, 1.54) is 18.2 Å². The Bertz CT molecular complexity index is 679. The third kappa shape index (κ3) is 1.89. The van der Waals surface area contributed by atoms with E-state index in [0.717, 1.165) is 0 Å². The Hall–Kier alpha value is -1.78. The second-order valence-corrected chi connectivity index (χ2v) is 4.35. The van der Waals surface area contributed by atoms with Crippen LogP contribution < -0.4 is 0 Å². The number of carbonyl (C=O) groups is 2. The predicted octanol–water partition coefficient (Wildman–Crippen LogP) is 3.54. The van der Waals surface area contributed by atoms with Crippen molar-refractivity contribution in [2.24, 2.45) is 0 Å². The van der Waals surface area contributed by atoms with Gasteiger partial charge in [0.15, 0.2) is 0 Å². The highest BCUT2D eigenvalue weighted by Crippen LogP contribution is 2.35. The molecule has 0 radical (unpaired) electrons. The number of carboxylic acid groups (broad SMARTS) is 2. The average molecular weight is 285 g/mol. The first kappa shape index (κ1) is 12.7. The zero-order valence-electron chi connectivity index (χ0n) is 8.78. The molecule has 0 bridgehead atoms. The predicted molar refractivity (Wildman–Crippen MR) is 67.9 cm³/mol. The van der Waals surface area contributed by atoms with Gasteiger partial charge in [-0.1, -0.05) is 35.3 Å². The molecule has 0 atom stereocenters. The maximum Gasteiger partial charge on any atom is 0.337 e. The van der Waals surface area contributed by atoms with Gasteiger partial charge in [0.1, 0.15) is 0 Å². The van der Waals surface area contributed by atoms with Crippen LogP contribution in [0.5, 0.6) is 0 Å². The Morgan fingerprint density at radius 1 is 1.06 bits per heavy atom. The van der Waals surface area contributed by atoms with Crippen LogP contribution in [0.25, 0.3) is 10.8 Å². The van der Waals surface area contributed by atoms with Crippen molar-refractivity contribution < 1.29 is 19.8 Å². The van der Waals surface area contributed by atoms with Crippen LogP contribution in [-0.2, 0) is 0 Å². The van der Waals surface area contributed by atoms with E-state index in [1.54, 1.807) is 6.07 Å². The summed E-state index contributed by atoms with van der Waals surface area (Å²) in [6.07, 6.45) is 0. The first-order valence-corrected chi connectivity index (χ1v) is 5.56.